The number of fused-ring (bicyclic) bond motifs is 7. The van der Waals surface area contributed by atoms with Crippen molar-refractivity contribution in [2.75, 3.05) is 0 Å². The smallest absolute Gasteiger partial charge is 0.0586 e. The first-order valence-electron chi connectivity index (χ1n) is 10.4. The second kappa shape index (κ2) is 6.25. The maximum atomic E-state index is 2.52. The predicted molar refractivity (Wildman–Crippen MR) is 124 cm³/mol. The molecule has 6 aromatic rings. The fourth-order valence-electron chi connectivity index (χ4n) is 4.85. The summed E-state index contributed by atoms with van der Waals surface area (Å²) in [6, 6.07) is 30.8. The van der Waals surface area contributed by atoms with Gasteiger partial charge in [-0.2, -0.15) is 0 Å². The number of aryl methyl sites for hydroxylation is 1. The molecular formula is C27H22N2. The van der Waals surface area contributed by atoms with Crippen molar-refractivity contribution in [2.24, 2.45) is 0 Å². The van der Waals surface area contributed by atoms with Crippen LogP contribution >= 0.6 is 0 Å². The molecule has 0 spiro atoms. The van der Waals surface area contributed by atoms with E-state index < -0.39 is 0 Å². The third-order valence-electron chi connectivity index (χ3n) is 6.06. The highest BCUT2D eigenvalue weighted by molar-refractivity contribution is 6.25. The third-order valence-corrected chi connectivity index (χ3v) is 6.06. The minimum Gasteiger partial charge on any atom is -0.340 e. The molecule has 2 heterocycles. The molecule has 2 nitrogen and oxygen atoms in total. The molecule has 29 heavy (non-hydrogen) atoms. The van der Waals surface area contributed by atoms with Gasteiger partial charge in [0.15, 0.2) is 0 Å². The van der Waals surface area contributed by atoms with Gasteiger partial charge in [0.05, 0.1) is 11.0 Å². The lowest BCUT2D eigenvalue weighted by molar-refractivity contribution is 0.725. The largest absolute Gasteiger partial charge is 0.340 e. The Kier molecular flexibility index (Phi) is 3.54. The third kappa shape index (κ3) is 2.29. The van der Waals surface area contributed by atoms with E-state index in [0.29, 0.717) is 0 Å². The molecule has 0 radical (unpaired) electrons. The van der Waals surface area contributed by atoms with Crippen LogP contribution in [-0.2, 0) is 6.54 Å². The van der Waals surface area contributed by atoms with Gasteiger partial charge >= 0.3 is 0 Å². The zero-order chi connectivity index (χ0) is 19.4. The molecule has 0 saturated carbocycles. The molecule has 0 amide bonds. The lowest BCUT2D eigenvalue weighted by atomic mass is 10.0. The van der Waals surface area contributed by atoms with Gasteiger partial charge < -0.3 is 9.13 Å². The molecule has 0 atom stereocenters. The van der Waals surface area contributed by atoms with E-state index in [9.17, 15) is 0 Å². The van der Waals surface area contributed by atoms with E-state index in [1.165, 1.54) is 49.2 Å². The lowest BCUT2D eigenvalue weighted by Gasteiger charge is -2.08. The van der Waals surface area contributed by atoms with Crippen LogP contribution in [0.5, 0.6) is 0 Å². The van der Waals surface area contributed by atoms with Crippen LogP contribution in [0.25, 0.3) is 49.2 Å². The van der Waals surface area contributed by atoms with Crippen LogP contribution in [0.3, 0.4) is 0 Å². The maximum absolute atomic E-state index is 2.52. The molecule has 0 aliphatic heterocycles. The number of rotatable bonds is 3. The zero-order valence-electron chi connectivity index (χ0n) is 16.5. The van der Waals surface area contributed by atoms with E-state index in [-0.39, 0.29) is 0 Å². The van der Waals surface area contributed by atoms with Crippen LogP contribution in [-0.4, -0.2) is 9.13 Å². The Labute approximate surface area is 169 Å². The van der Waals surface area contributed by atoms with Crippen molar-refractivity contribution in [1.82, 2.24) is 9.13 Å². The summed E-state index contributed by atoms with van der Waals surface area (Å²) in [5, 5.41) is 6.69. The Morgan fingerprint density at radius 3 is 2.31 bits per heavy atom. The van der Waals surface area contributed by atoms with E-state index in [2.05, 4.69) is 107 Å². The molecule has 0 fully saturated rings. The van der Waals surface area contributed by atoms with Gasteiger partial charge in [0.25, 0.3) is 0 Å². The van der Waals surface area contributed by atoms with Gasteiger partial charge in [-0.25, -0.2) is 0 Å². The normalized spacial score (nSPS) is 11.9. The summed E-state index contributed by atoms with van der Waals surface area (Å²) in [5.74, 6) is 0. The SMILES string of the molecule is CCCn1c2ccc3ccccc3c2c2ccc3c(ccn3-c3ccccc3)c21. The second-order valence-corrected chi connectivity index (χ2v) is 7.75. The first kappa shape index (κ1) is 16.4. The first-order valence-corrected chi connectivity index (χ1v) is 10.4. The topological polar surface area (TPSA) is 9.86 Å². The molecule has 0 aliphatic carbocycles. The van der Waals surface area contributed by atoms with Crippen molar-refractivity contribution in [1.29, 1.82) is 0 Å². The van der Waals surface area contributed by atoms with E-state index >= 15 is 0 Å². The molecule has 6 rings (SSSR count). The molecule has 0 saturated heterocycles. The van der Waals surface area contributed by atoms with Crippen LogP contribution in [0.2, 0.25) is 0 Å². The zero-order valence-corrected chi connectivity index (χ0v) is 16.5. The minimum absolute atomic E-state index is 1.02. The highest BCUT2D eigenvalue weighted by atomic mass is 15.0. The van der Waals surface area contributed by atoms with Crippen molar-refractivity contribution in [3.05, 3.63) is 91.1 Å². The van der Waals surface area contributed by atoms with Crippen molar-refractivity contribution in [2.45, 2.75) is 19.9 Å². The van der Waals surface area contributed by atoms with E-state index in [4.69, 9.17) is 0 Å². The van der Waals surface area contributed by atoms with E-state index in [0.717, 1.165) is 13.0 Å². The van der Waals surface area contributed by atoms with E-state index in [1.807, 2.05) is 0 Å². The van der Waals surface area contributed by atoms with Crippen LogP contribution in [0.1, 0.15) is 13.3 Å². The standard InChI is InChI=1S/C27H22N2/c1-2-17-29-25-14-12-19-8-6-7-11-21(19)26(25)23-13-15-24-22(27(23)29)16-18-28(24)20-9-4-3-5-10-20/h3-16,18H,2,17H2,1H3. The summed E-state index contributed by atoms with van der Waals surface area (Å²) in [6.07, 6.45) is 3.31. The molecule has 0 aliphatic rings. The maximum Gasteiger partial charge on any atom is 0.0586 e. The van der Waals surface area contributed by atoms with Crippen LogP contribution in [0.4, 0.5) is 0 Å². The second-order valence-electron chi connectivity index (χ2n) is 7.75. The molecule has 2 aromatic heterocycles. The quantitative estimate of drug-likeness (QED) is 0.307. The average Bonchev–Trinajstić information content (AvgIpc) is 3.34. The van der Waals surface area contributed by atoms with Gasteiger partial charge in [0, 0.05) is 40.1 Å². The van der Waals surface area contributed by atoms with Gasteiger partial charge in [-0.05, 0) is 47.5 Å². The summed E-state index contributed by atoms with van der Waals surface area (Å²) >= 11 is 0. The Morgan fingerprint density at radius 2 is 1.45 bits per heavy atom. The van der Waals surface area contributed by atoms with Crippen LogP contribution in [0, 0.1) is 0 Å². The highest BCUT2D eigenvalue weighted by Gasteiger charge is 2.17. The summed E-state index contributed by atoms with van der Waals surface area (Å²) < 4.78 is 4.82. The molecule has 2 heteroatoms. The van der Waals surface area contributed by atoms with Gasteiger partial charge in [-0.15, -0.1) is 0 Å². The number of nitrogens with zero attached hydrogens (tertiary/aromatic N) is 2. The molecule has 0 N–H and O–H groups in total. The van der Waals surface area contributed by atoms with Gasteiger partial charge in [0.2, 0.25) is 0 Å². The summed E-state index contributed by atoms with van der Waals surface area (Å²) in [6.45, 7) is 3.28. The Morgan fingerprint density at radius 1 is 0.655 bits per heavy atom. The Bertz CT molecular complexity index is 1500. The Hall–Kier alpha value is -3.52. The van der Waals surface area contributed by atoms with Crippen LogP contribution < -0.4 is 0 Å². The number of para-hydroxylation sites is 1. The van der Waals surface area contributed by atoms with Crippen molar-refractivity contribution >= 4 is 43.5 Å². The Balaban J connectivity index is 1.79. The van der Waals surface area contributed by atoms with Gasteiger partial charge in [-0.1, -0.05) is 61.5 Å². The molecular weight excluding hydrogens is 352 g/mol. The van der Waals surface area contributed by atoms with E-state index in [1.54, 1.807) is 0 Å². The summed E-state index contributed by atoms with van der Waals surface area (Å²) in [5.41, 5.74) is 5.14. The van der Waals surface area contributed by atoms with Crippen molar-refractivity contribution in [3.63, 3.8) is 0 Å². The number of benzene rings is 4. The number of hydrogen-bond acceptors (Lipinski definition) is 0. The first-order chi connectivity index (χ1) is 14.4. The van der Waals surface area contributed by atoms with Crippen LogP contribution in [0.15, 0.2) is 91.1 Å². The molecule has 0 unspecified atom stereocenters. The number of aromatic nitrogens is 2. The predicted octanol–water partition coefficient (Wildman–Crippen LogP) is 7.30. The fraction of sp³-hybridized carbons (Fsp3) is 0.111. The number of hydrogen-bond donors (Lipinski definition) is 0. The minimum atomic E-state index is 1.02. The van der Waals surface area contributed by atoms with Gasteiger partial charge in [0.1, 0.15) is 0 Å². The highest BCUT2D eigenvalue weighted by Crippen LogP contribution is 2.39. The fourth-order valence-corrected chi connectivity index (χ4v) is 4.85. The monoisotopic (exact) mass is 374 g/mol. The molecule has 0 bridgehead atoms. The summed E-state index contributed by atoms with van der Waals surface area (Å²) in [7, 11) is 0. The molecule has 140 valence electrons. The average molecular weight is 374 g/mol. The summed E-state index contributed by atoms with van der Waals surface area (Å²) in [4.78, 5) is 0. The van der Waals surface area contributed by atoms with Crippen molar-refractivity contribution in [3.8, 4) is 5.69 Å². The van der Waals surface area contributed by atoms with Gasteiger partial charge in [-0.3, -0.25) is 0 Å². The lowest BCUT2D eigenvalue weighted by Crippen LogP contribution is -1.96. The van der Waals surface area contributed by atoms with Crippen molar-refractivity contribution < 1.29 is 0 Å². The molecule has 4 aromatic carbocycles.